The highest BCUT2D eigenvalue weighted by molar-refractivity contribution is 5.90. The fraction of sp³-hybridized carbons (Fsp3) is 0.571. The van der Waals surface area contributed by atoms with Crippen molar-refractivity contribution in [3.05, 3.63) is 23.5 Å². The van der Waals surface area contributed by atoms with E-state index in [-0.39, 0.29) is 5.54 Å². The zero-order chi connectivity index (χ0) is 14.2. The predicted octanol–water partition coefficient (Wildman–Crippen LogP) is 0.578. The molecular weight excluding hydrogens is 256 g/mol. The molecule has 1 aromatic rings. The summed E-state index contributed by atoms with van der Waals surface area (Å²) >= 11 is 0. The number of nitrogens with one attached hydrogen (secondary N) is 2. The molecule has 0 bridgehead atoms. The summed E-state index contributed by atoms with van der Waals surface area (Å²) in [4.78, 5) is 17.5. The molecular formula is C14H20N4O2. The molecule has 3 N–H and O–H groups in total. The smallest absolute Gasteiger partial charge is 0.337 e. The van der Waals surface area contributed by atoms with Gasteiger partial charge in [0.1, 0.15) is 0 Å². The number of anilines is 1. The summed E-state index contributed by atoms with van der Waals surface area (Å²) in [5.41, 5.74) is 2.28. The average Bonchev–Trinajstić information content (AvgIpc) is 2.88. The highest BCUT2D eigenvalue weighted by Gasteiger charge is 2.37. The minimum atomic E-state index is -0.910. The van der Waals surface area contributed by atoms with Crippen LogP contribution in [-0.2, 0) is 0 Å². The molecule has 0 aromatic carbocycles. The van der Waals surface area contributed by atoms with Crippen molar-refractivity contribution < 1.29 is 9.90 Å². The molecule has 108 valence electrons. The van der Waals surface area contributed by atoms with Crippen LogP contribution in [0.2, 0.25) is 0 Å². The summed E-state index contributed by atoms with van der Waals surface area (Å²) in [5, 5.41) is 16.1. The van der Waals surface area contributed by atoms with Gasteiger partial charge in [-0.2, -0.15) is 0 Å². The molecule has 2 fully saturated rings. The van der Waals surface area contributed by atoms with E-state index in [1.165, 1.54) is 6.20 Å². The van der Waals surface area contributed by atoms with Crippen LogP contribution in [0.3, 0.4) is 0 Å². The second-order valence-corrected chi connectivity index (χ2v) is 5.68. The van der Waals surface area contributed by atoms with Gasteiger partial charge in [-0.05, 0) is 25.3 Å². The van der Waals surface area contributed by atoms with Crippen molar-refractivity contribution in [3.8, 4) is 0 Å². The van der Waals surface area contributed by atoms with Crippen LogP contribution in [0.1, 0.15) is 28.8 Å². The van der Waals surface area contributed by atoms with Crippen LogP contribution < -0.4 is 15.5 Å². The Morgan fingerprint density at radius 2 is 2.15 bits per heavy atom. The Kier molecular flexibility index (Phi) is 3.35. The van der Waals surface area contributed by atoms with E-state index < -0.39 is 5.97 Å². The van der Waals surface area contributed by atoms with Gasteiger partial charge in [-0.15, -0.1) is 0 Å². The molecule has 20 heavy (non-hydrogen) atoms. The number of rotatable bonds is 2. The molecule has 1 aromatic heterocycles. The highest BCUT2D eigenvalue weighted by Crippen LogP contribution is 2.29. The number of carboxylic acids is 1. The molecule has 0 aliphatic carbocycles. The number of carboxylic acid groups (broad SMARTS) is 1. The van der Waals surface area contributed by atoms with Crippen molar-refractivity contribution in [1.29, 1.82) is 0 Å². The first kappa shape index (κ1) is 13.3. The van der Waals surface area contributed by atoms with Gasteiger partial charge in [0, 0.05) is 38.0 Å². The van der Waals surface area contributed by atoms with Crippen LogP contribution in [0, 0.1) is 6.92 Å². The third-order valence-corrected chi connectivity index (χ3v) is 4.53. The maximum Gasteiger partial charge on any atom is 0.337 e. The summed E-state index contributed by atoms with van der Waals surface area (Å²) in [6.07, 6.45) is 5.34. The maximum atomic E-state index is 11.2. The first-order chi connectivity index (χ1) is 9.61. The molecule has 0 unspecified atom stereocenters. The molecule has 1 spiro atoms. The Bertz CT molecular complexity index is 516. The molecule has 0 radical (unpaired) electrons. The zero-order valence-corrected chi connectivity index (χ0v) is 11.6. The van der Waals surface area contributed by atoms with Gasteiger partial charge in [0.2, 0.25) is 0 Å². The summed E-state index contributed by atoms with van der Waals surface area (Å²) in [7, 11) is 0. The largest absolute Gasteiger partial charge is 0.478 e. The quantitative estimate of drug-likeness (QED) is 0.733. The lowest BCUT2D eigenvalue weighted by Crippen LogP contribution is -2.52. The Morgan fingerprint density at radius 3 is 2.75 bits per heavy atom. The molecule has 3 heterocycles. The third kappa shape index (κ3) is 2.25. The van der Waals surface area contributed by atoms with Crippen LogP contribution in [0.5, 0.6) is 0 Å². The normalized spacial score (nSPS) is 21.4. The van der Waals surface area contributed by atoms with Gasteiger partial charge in [-0.1, -0.05) is 0 Å². The molecule has 0 saturated carbocycles. The van der Waals surface area contributed by atoms with E-state index in [1.54, 1.807) is 6.20 Å². The Balaban J connectivity index is 1.78. The SMILES string of the molecule is Cc1c(C(=O)O)cncc1N1CCC2(CC1)CNCN2. The zero-order valence-electron chi connectivity index (χ0n) is 11.6. The summed E-state index contributed by atoms with van der Waals surface area (Å²) in [5.74, 6) is -0.910. The minimum absolute atomic E-state index is 0.224. The van der Waals surface area contributed by atoms with Crippen molar-refractivity contribution >= 4 is 11.7 Å². The van der Waals surface area contributed by atoms with Crippen LogP contribution in [0.15, 0.2) is 12.4 Å². The fourth-order valence-corrected chi connectivity index (χ4v) is 3.19. The molecule has 6 nitrogen and oxygen atoms in total. The van der Waals surface area contributed by atoms with Crippen LogP contribution >= 0.6 is 0 Å². The lowest BCUT2D eigenvalue weighted by Gasteiger charge is -2.40. The van der Waals surface area contributed by atoms with Crippen molar-refractivity contribution in [1.82, 2.24) is 15.6 Å². The monoisotopic (exact) mass is 276 g/mol. The van der Waals surface area contributed by atoms with Gasteiger partial charge >= 0.3 is 5.97 Å². The van der Waals surface area contributed by atoms with Gasteiger partial charge < -0.3 is 15.3 Å². The van der Waals surface area contributed by atoms with Gasteiger partial charge in [-0.25, -0.2) is 4.79 Å². The van der Waals surface area contributed by atoms with Crippen LogP contribution in [0.4, 0.5) is 5.69 Å². The number of pyridine rings is 1. The third-order valence-electron chi connectivity index (χ3n) is 4.53. The van der Waals surface area contributed by atoms with Crippen LogP contribution in [-0.4, -0.2) is 47.9 Å². The summed E-state index contributed by atoms with van der Waals surface area (Å²) in [6, 6.07) is 0. The molecule has 6 heteroatoms. The van der Waals surface area contributed by atoms with Gasteiger partial charge in [-0.3, -0.25) is 10.3 Å². The van der Waals surface area contributed by atoms with E-state index in [0.29, 0.717) is 5.56 Å². The second-order valence-electron chi connectivity index (χ2n) is 5.68. The summed E-state index contributed by atoms with van der Waals surface area (Å²) < 4.78 is 0. The molecule has 3 rings (SSSR count). The molecule has 2 saturated heterocycles. The molecule has 2 aliphatic heterocycles. The standard InChI is InChI=1S/C14H20N4O2/c1-10-11(13(19)20)6-15-7-12(10)18-4-2-14(3-5-18)8-16-9-17-14/h6-7,16-17H,2-5,8-9H2,1H3,(H,19,20). The second kappa shape index (κ2) is 5.03. The lowest BCUT2D eigenvalue weighted by atomic mass is 9.88. The average molecular weight is 276 g/mol. The Hall–Kier alpha value is -1.66. The van der Waals surface area contributed by atoms with Crippen molar-refractivity contribution in [2.45, 2.75) is 25.3 Å². The van der Waals surface area contributed by atoms with E-state index >= 15 is 0 Å². The number of nitrogens with zero attached hydrogens (tertiary/aromatic N) is 2. The minimum Gasteiger partial charge on any atom is -0.478 e. The predicted molar refractivity (Wildman–Crippen MR) is 76.1 cm³/mol. The van der Waals surface area contributed by atoms with Gasteiger partial charge in [0.15, 0.2) is 0 Å². The lowest BCUT2D eigenvalue weighted by molar-refractivity contribution is 0.0695. The number of aromatic nitrogens is 1. The Morgan fingerprint density at radius 1 is 1.40 bits per heavy atom. The number of carbonyl (C=O) groups is 1. The number of hydrogen-bond donors (Lipinski definition) is 3. The van der Waals surface area contributed by atoms with E-state index in [9.17, 15) is 9.90 Å². The first-order valence-corrected chi connectivity index (χ1v) is 7.00. The van der Waals surface area contributed by atoms with E-state index in [4.69, 9.17) is 0 Å². The fourth-order valence-electron chi connectivity index (χ4n) is 3.19. The first-order valence-electron chi connectivity index (χ1n) is 7.00. The highest BCUT2D eigenvalue weighted by atomic mass is 16.4. The van der Waals surface area contributed by atoms with Gasteiger partial charge in [0.25, 0.3) is 0 Å². The topological polar surface area (TPSA) is 77.5 Å². The summed E-state index contributed by atoms with van der Waals surface area (Å²) in [6.45, 7) is 5.63. The van der Waals surface area contributed by atoms with Crippen molar-refractivity contribution in [3.63, 3.8) is 0 Å². The van der Waals surface area contributed by atoms with Crippen molar-refractivity contribution in [2.75, 3.05) is 31.2 Å². The Labute approximate surface area is 118 Å². The number of hydrogen-bond acceptors (Lipinski definition) is 5. The molecule has 0 amide bonds. The van der Waals surface area contributed by atoms with Gasteiger partial charge in [0.05, 0.1) is 17.4 Å². The molecule has 0 atom stereocenters. The maximum absolute atomic E-state index is 11.2. The van der Waals surface area contributed by atoms with E-state index in [2.05, 4.69) is 20.5 Å². The van der Waals surface area contributed by atoms with Crippen LogP contribution in [0.25, 0.3) is 0 Å². The molecule has 2 aliphatic rings. The number of aromatic carboxylic acids is 1. The van der Waals surface area contributed by atoms with Crippen molar-refractivity contribution in [2.24, 2.45) is 0 Å². The van der Waals surface area contributed by atoms with E-state index in [1.807, 2.05) is 6.92 Å². The van der Waals surface area contributed by atoms with E-state index in [0.717, 1.165) is 50.4 Å². The number of piperidine rings is 1.